The maximum absolute atomic E-state index is 5.52. The molecule has 1 N–H and O–H groups in total. The van der Waals surface area contributed by atoms with E-state index >= 15 is 0 Å². The third kappa shape index (κ3) is 11.7. The molecule has 0 aliphatic carbocycles. The molecule has 0 radical (unpaired) electrons. The van der Waals surface area contributed by atoms with Crippen LogP contribution in [-0.4, -0.2) is 39.5 Å². The minimum absolute atomic E-state index is 0.417. The van der Waals surface area contributed by atoms with E-state index in [1.807, 2.05) is 0 Å². The Morgan fingerprint density at radius 3 is 2.41 bits per heavy atom. The molecule has 1 unspecified atom stereocenters. The summed E-state index contributed by atoms with van der Waals surface area (Å²) in [6.07, 6.45) is 8.35. The Morgan fingerprint density at radius 2 is 1.82 bits per heavy atom. The highest BCUT2D eigenvalue weighted by Gasteiger charge is 2.08. The second-order valence-electron chi connectivity index (χ2n) is 4.12. The molecule has 0 fully saturated rings. The van der Waals surface area contributed by atoms with Crippen LogP contribution in [0.2, 0.25) is 0 Å². The number of hydrogen-bond donors (Lipinski definition) is 1. The number of hydrogen-bond acceptors (Lipinski definition) is 3. The SMILES string of the molecule is C#CCOCCC(CCOCCC)CNCC. The minimum atomic E-state index is 0.417. The van der Waals surface area contributed by atoms with Gasteiger partial charge in [-0.05, 0) is 38.3 Å². The van der Waals surface area contributed by atoms with E-state index in [1.54, 1.807) is 0 Å². The Bertz CT molecular complexity index is 189. The van der Waals surface area contributed by atoms with Crippen LogP contribution in [0.25, 0.3) is 0 Å². The Morgan fingerprint density at radius 1 is 1.12 bits per heavy atom. The monoisotopic (exact) mass is 241 g/mol. The molecule has 0 heterocycles. The van der Waals surface area contributed by atoms with E-state index in [4.69, 9.17) is 15.9 Å². The first-order valence-corrected chi connectivity index (χ1v) is 6.64. The van der Waals surface area contributed by atoms with Gasteiger partial charge >= 0.3 is 0 Å². The van der Waals surface area contributed by atoms with Gasteiger partial charge in [-0.1, -0.05) is 19.8 Å². The number of rotatable bonds is 12. The van der Waals surface area contributed by atoms with E-state index in [2.05, 4.69) is 25.1 Å². The predicted octanol–water partition coefficient (Wildman–Crippen LogP) is 2.07. The lowest BCUT2D eigenvalue weighted by atomic mass is 10.0. The Balaban J connectivity index is 3.60. The fourth-order valence-electron chi connectivity index (χ4n) is 1.57. The van der Waals surface area contributed by atoms with Gasteiger partial charge in [-0.3, -0.25) is 0 Å². The lowest BCUT2D eigenvalue weighted by Gasteiger charge is -2.17. The minimum Gasteiger partial charge on any atom is -0.381 e. The third-order valence-corrected chi connectivity index (χ3v) is 2.56. The van der Waals surface area contributed by atoms with Gasteiger partial charge in [0.2, 0.25) is 0 Å². The van der Waals surface area contributed by atoms with Crippen LogP contribution in [0.5, 0.6) is 0 Å². The van der Waals surface area contributed by atoms with Gasteiger partial charge in [0.1, 0.15) is 6.61 Å². The van der Waals surface area contributed by atoms with Crippen LogP contribution in [0.15, 0.2) is 0 Å². The van der Waals surface area contributed by atoms with E-state index in [9.17, 15) is 0 Å². The van der Waals surface area contributed by atoms with Crippen molar-refractivity contribution < 1.29 is 9.47 Å². The molecule has 0 spiro atoms. The van der Waals surface area contributed by atoms with E-state index in [-0.39, 0.29) is 0 Å². The molecule has 1 atom stereocenters. The summed E-state index contributed by atoms with van der Waals surface area (Å²) in [4.78, 5) is 0. The molecule has 0 bridgehead atoms. The largest absolute Gasteiger partial charge is 0.381 e. The quantitative estimate of drug-likeness (QED) is 0.419. The summed E-state index contributed by atoms with van der Waals surface area (Å²) >= 11 is 0. The maximum atomic E-state index is 5.52. The molecule has 3 nitrogen and oxygen atoms in total. The summed E-state index contributed by atoms with van der Waals surface area (Å²) < 4.78 is 10.8. The first-order valence-electron chi connectivity index (χ1n) is 6.64. The van der Waals surface area contributed by atoms with Crippen molar-refractivity contribution in [3.8, 4) is 12.3 Å². The highest BCUT2D eigenvalue weighted by molar-refractivity contribution is 4.82. The highest BCUT2D eigenvalue weighted by atomic mass is 16.5. The fraction of sp³-hybridized carbons (Fsp3) is 0.857. The van der Waals surface area contributed by atoms with Crippen LogP contribution >= 0.6 is 0 Å². The average Bonchev–Trinajstić information content (AvgIpc) is 2.35. The lowest BCUT2D eigenvalue weighted by molar-refractivity contribution is 0.106. The van der Waals surface area contributed by atoms with Crippen molar-refractivity contribution in [3.63, 3.8) is 0 Å². The van der Waals surface area contributed by atoms with Gasteiger partial charge < -0.3 is 14.8 Å². The molecule has 0 aliphatic heterocycles. The summed E-state index contributed by atoms with van der Waals surface area (Å²) in [6, 6.07) is 0. The van der Waals surface area contributed by atoms with Crippen LogP contribution < -0.4 is 5.32 Å². The Hall–Kier alpha value is -0.560. The Labute approximate surface area is 106 Å². The zero-order chi connectivity index (χ0) is 12.8. The summed E-state index contributed by atoms with van der Waals surface area (Å²) in [7, 11) is 0. The van der Waals surface area contributed by atoms with Gasteiger partial charge in [0.05, 0.1) is 0 Å². The molecule has 0 rings (SSSR count). The van der Waals surface area contributed by atoms with Crippen LogP contribution in [0.4, 0.5) is 0 Å². The molecule has 0 amide bonds. The van der Waals surface area contributed by atoms with Crippen LogP contribution in [0.1, 0.15) is 33.1 Å². The molecule has 0 aromatic heterocycles. The Kier molecular flexibility index (Phi) is 13.1. The topological polar surface area (TPSA) is 30.5 Å². The highest BCUT2D eigenvalue weighted by Crippen LogP contribution is 2.08. The fourth-order valence-corrected chi connectivity index (χ4v) is 1.57. The molecular weight excluding hydrogens is 214 g/mol. The molecule has 0 aromatic rings. The molecule has 0 aliphatic rings. The maximum Gasteiger partial charge on any atom is 0.107 e. The molecule has 0 saturated heterocycles. The van der Waals surface area contributed by atoms with E-state index in [0.717, 1.165) is 52.2 Å². The summed E-state index contributed by atoms with van der Waals surface area (Å²) in [5.74, 6) is 3.10. The van der Waals surface area contributed by atoms with Gasteiger partial charge in [-0.15, -0.1) is 6.42 Å². The number of nitrogens with one attached hydrogen (secondary N) is 1. The van der Waals surface area contributed by atoms with E-state index < -0.39 is 0 Å². The molecule has 0 aromatic carbocycles. The molecule has 17 heavy (non-hydrogen) atoms. The second kappa shape index (κ2) is 13.5. The first kappa shape index (κ1) is 16.4. The third-order valence-electron chi connectivity index (χ3n) is 2.56. The van der Waals surface area contributed by atoms with Crippen molar-refractivity contribution in [2.75, 3.05) is 39.5 Å². The van der Waals surface area contributed by atoms with Gasteiger partial charge in [0.25, 0.3) is 0 Å². The summed E-state index contributed by atoms with van der Waals surface area (Å²) in [5, 5.41) is 3.38. The average molecular weight is 241 g/mol. The smallest absolute Gasteiger partial charge is 0.107 e. The molecule has 0 saturated carbocycles. The van der Waals surface area contributed by atoms with E-state index in [1.165, 1.54) is 0 Å². The second-order valence-corrected chi connectivity index (χ2v) is 4.12. The standard InChI is InChI=1S/C14H27NO2/c1-4-9-16-11-7-14(13-15-6-3)8-12-17-10-5-2/h1,14-15H,5-13H2,2-3H3. The van der Waals surface area contributed by atoms with Crippen LogP contribution in [0.3, 0.4) is 0 Å². The molecule has 3 heteroatoms. The van der Waals surface area contributed by atoms with Crippen molar-refractivity contribution in [2.24, 2.45) is 5.92 Å². The van der Waals surface area contributed by atoms with Gasteiger partial charge in [0, 0.05) is 19.8 Å². The van der Waals surface area contributed by atoms with Crippen molar-refractivity contribution in [1.29, 1.82) is 0 Å². The van der Waals surface area contributed by atoms with Gasteiger partial charge in [-0.2, -0.15) is 0 Å². The predicted molar refractivity (Wildman–Crippen MR) is 72.0 cm³/mol. The van der Waals surface area contributed by atoms with Gasteiger partial charge in [0.15, 0.2) is 0 Å². The number of terminal acetylenes is 1. The van der Waals surface area contributed by atoms with Crippen molar-refractivity contribution >= 4 is 0 Å². The van der Waals surface area contributed by atoms with E-state index in [0.29, 0.717) is 12.5 Å². The van der Waals surface area contributed by atoms with Gasteiger partial charge in [-0.25, -0.2) is 0 Å². The zero-order valence-electron chi connectivity index (χ0n) is 11.3. The first-order chi connectivity index (χ1) is 8.35. The normalized spacial score (nSPS) is 12.3. The van der Waals surface area contributed by atoms with Crippen LogP contribution in [0, 0.1) is 18.3 Å². The molecular formula is C14H27NO2. The van der Waals surface area contributed by atoms with Crippen molar-refractivity contribution in [2.45, 2.75) is 33.1 Å². The lowest BCUT2D eigenvalue weighted by Crippen LogP contribution is -2.24. The zero-order valence-corrected chi connectivity index (χ0v) is 11.3. The van der Waals surface area contributed by atoms with Crippen molar-refractivity contribution in [1.82, 2.24) is 5.32 Å². The van der Waals surface area contributed by atoms with Crippen molar-refractivity contribution in [3.05, 3.63) is 0 Å². The summed E-state index contributed by atoms with van der Waals surface area (Å²) in [6.45, 7) is 9.17. The molecule has 100 valence electrons. The van der Waals surface area contributed by atoms with Crippen LogP contribution in [-0.2, 0) is 9.47 Å². The number of ether oxygens (including phenoxy) is 2. The summed E-state index contributed by atoms with van der Waals surface area (Å²) in [5.41, 5.74) is 0.